The Kier molecular flexibility index (Phi) is 5.30. The molecule has 31 heavy (non-hydrogen) atoms. The van der Waals surface area contributed by atoms with Gasteiger partial charge in [-0.05, 0) is 58.2 Å². The van der Waals surface area contributed by atoms with E-state index in [9.17, 15) is 4.39 Å². The Labute approximate surface area is 181 Å². The quantitative estimate of drug-likeness (QED) is 0.489. The van der Waals surface area contributed by atoms with E-state index in [4.69, 9.17) is 0 Å². The van der Waals surface area contributed by atoms with Gasteiger partial charge in [0.1, 0.15) is 5.82 Å². The van der Waals surface area contributed by atoms with E-state index in [1.165, 1.54) is 34.4 Å². The van der Waals surface area contributed by atoms with Crippen molar-refractivity contribution < 1.29 is 4.39 Å². The molecule has 4 aromatic rings. The van der Waals surface area contributed by atoms with Gasteiger partial charge in [-0.2, -0.15) is 0 Å². The Morgan fingerprint density at radius 1 is 0.935 bits per heavy atom. The van der Waals surface area contributed by atoms with Crippen molar-refractivity contribution in [3.8, 4) is 0 Å². The third-order valence-electron chi connectivity index (χ3n) is 5.97. The van der Waals surface area contributed by atoms with Crippen molar-refractivity contribution in [1.29, 1.82) is 0 Å². The highest BCUT2D eigenvalue weighted by Gasteiger charge is 2.30. The number of benzene rings is 3. The maximum absolute atomic E-state index is 13.3. The third-order valence-corrected chi connectivity index (χ3v) is 5.97. The predicted octanol–water partition coefficient (Wildman–Crippen LogP) is 4.32. The average molecular weight is 414 g/mol. The van der Waals surface area contributed by atoms with Crippen LogP contribution in [0.25, 0.3) is 0 Å². The average Bonchev–Trinajstić information content (AvgIpc) is 3.24. The van der Waals surface area contributed by atoms with Gasteiger partial charge in [0.15, 0.2) is 5.82 Å². The van der Waals surface area contributed by atoms with Gasteiger partial charge >= 0.3 is 0 Å². The predicted molar refractivity (Wildman–Crippen MR) is 117 cm³/mol. The summed E-state index contributed by atoms with van der Waals surface area (Å²) in [7, 11) is 0. The van der Waals surface area contributed by atoms with Crippen molar-refractivity contribution in [3.63, 3.8) is 0 Å². The molecular weight excluding hydrogens is 389 g/mol. The van der Waals surface area contributed by atoms with Crippen LogP contribution in [-0.4, -0.2) is 31.7 Å². The lowest BCUT2D eigenvalue weighted by Crippen LogP contribution is -2.36. The maximum Gasteiger partial charge on any atom is 0.173 e. The van der Waals surface area contributed by atoms with Crippen LogP contribution in [0.15, 0.2) is 72.8 Å². The summed E-state index contributed by atoms with van der Waals surface area (Å²) < 4.78 is 15.2. The molecule has 0 saturated carbocycles. The van der Waals surface area contributed by atoms with E-state index < -0.39 is 0 Å². The summed E-state index contributed by atoms with van der Waals surface area (Å²) >= 11 is 0. The van der Waals surface area contributed by atoms with Crippen LogP contribution in [-0.2, 0) is 19.5 Å². The van der Waals surface area contributed by atoms with Gasteiger partial charge in [0.05, 0.1) is 12.6 Å². The molecule has 0 fully saturated rings. The van der Waals surface area contributed by atoms with E-state index in [1.807, 2.05) is 4.68 Å². The van der Waals surface area contributed by atoms with Crippen LogP contribution in [0, 0.1) is 12.7 Å². The Morgan fingerprint density at radius 3 is 2.45 bits per heavy atom. The molecule has 0 unspecified atom stereocenters. The minimum absolute atomic E-state index is 0.0654. The third kappa shape index (κ3) is 4.11. The molecule has 0 amide bonds. The lowest BCUT2D eigenvalue weighted by Gasteiger charge is -2.35. The second kappa shape index (κ2) is 8.40. The first-order valence-electron chi connectivity index (χ1n) is 10.6. The van der Waals surface area contributed by atoms with Crippen LogP contribution >= 0.6 is 0 Å². The Balaban J connectivity index is 1.52. The Bertz CT molecular complexity index is 1170. The Hall–Kier alpha value is -3.38. The zero-order chi connectivity index (χ0) is 21.2. The minimum atomic E-state index is -0.245. The van der Waals surface area contributed by atoms with Gasteiger partial charge in [-0.1, -0.05) is 66.2 Å². The molecule has 6 heteroatoms. The van der Waals surface area contributed by atoms with Crippen LogP contribution < -0.4 is 0 Å². The molecule has 156 valence electrons. The molecule has 0 radical (unpaired) electrons. The lowest BCUT2D eigenvalue weighted by atomic mass is 9.95. The fourth-order valence-corrected chi connectivity index (χ4v) is 4.29. The molecule has 0 aliphatic carbocycles. The van der Waals surface area contributed by atoms with Gasteiger partial charge in [-0.25, -0.2) is 9.07 Å². The topological polar surface area (TPSA) is 46.8 Å². The number of hydrogen-bond acceptors (Lipinski definition) is 4. The molecule has 1 aliphatic rings. The van der Waals surface area contributed by atoms with Gasteiger partial charge in [0.2, 0.25) is 0 Å². The summed E-state index contributed by atoms with van der Waals surface area (Å²) in [5, 5.41) is 12.7. The van der Waals surface area contributed by atoms with Crippen LogP contribution in [0.2, 0.25) is 0 Å². The summed E-state index contributed by atoms with van der Waals surface area (Å²) in [4.78, 5) is 2.44. The molecule has 0 saturated heterocycles. The summed E-state index contributed by atoms with van der Waals surface area (Å²) in [5.74, 6) is 0.553. The molecule has 0 spiro atoms. The number of nitrogens with zero attached hydrogens (tertiary/aromatic N) is 5. The number of halogens is 1. The Morgan fingerprint density at radius 2 is 1.68 bits per heavy atom. The number of tetrazole rings is 1. The molecule has 1 aliphatic heterocycles. The molecular formula is C25H24FN5. The standard InChI is InChI=1S/C25H24FN5/c1-18-6-10-21(11-7-18)24(30-15-14-20-4-2-3-5-22(20)17-30)25-27-28-29-31(25)16-19-8-12-23(26)13-9-19/h2-13,24H,14-17H2,1H3/t24-/m0/s1. The molecule has 3 aromatic carbocycles. The first-order valence-corrected chi connectivity index (χ1v) is 10.6. The smallest absolute Gasteiger partial charge is 0.173 e. The van der Waals surface area contributed by atoms with Crippen molar-refractivity contribution >= 4 is 0 Å². The first-order chi connectivity index (χ1) is 15.2. The van der Waals surface area contributed by atoms with Crippen molar-refractivity contribution in [3.05, 3.63) is 112 Å². The zero-order valence-electron chi connectivity index (χ0n) is 17.4. The van der Waals surface area contributed by atoms with Gasteiger partial charge in [0.25, 0.3) is 0 Å². The largest absolute Gasteiger partial charge is 0.285 e. The summed E-state index contributed by atoms with van der Waals surface area (Å²) in [5.41, 5.74) is 6.11. The van der Waals surface area contributed by atoms with E-state index in [1.54, 1.807) is 12.1 Å². The molecule has 2 heterocycles. The highest BCUT2D eigenvalue weighted by atomic mass is 19.1. The highest BCUT2D eigenvalue weighted by molar-refractivity contribution is 5.33. The molecule has 1 aromatic heterocycles. The number of hydrogen-bond donors (Lipinski definition) is 0. The second-order valence-corrected chi connectivity index (χ2v) is 8.12. The van der Waals surface area contributed by atoms with E-state index in [0.29, 0.717) is 6.54 Å². The number of rotatable bonds is 5. The summed E-state index contributed by atoms with van der Waals surface area (Å²) in [6, 6.07) is 23.6. The van der Waals surface area contributed by atoms with E-state index in [-0.39, 0.29) is 11.9 Å². The fourth-order valence-electron chi connectivity index (χ4n) is 4.29. The molecule has 0 bridgehead atoms. The van der Waals surface area contributed by atoms with Crippen LogP contribution in [0.5, 0.6) is 0 Å². The fraction of sp³-hybridized carbons (Fsp3) is 0.240. The molecule has 5 rings (SSSR count). The van der Waals surface area contributed by atoms with Crippen molar-refractivity contribution in [1.82, 2.24) is 25.1 Å². The van der Waals surface area contributed by atoms with Gasteiger partial charge in [-0.15, -0.1) is 5.10 Å². The monoisotopic (exact) mass is 413 g/mol. The van der Waals surface area contributed by atoms with E-state index in [0.717, 1.165) is 30.9 Å². The highest BCUT2D eigenvalue weighted by Crippen LogP contribution is 2.32. The van der Waals surface area contributed by atoms with E-state index >= 15 is 0 Å². The zero-order valence-corrected chi connectivity index (χ0v) is 17.4. The van der Waals surface area contributed by atoms with Gasteiger partial charge in [0, 0.05) is 13.1 Å². The molecule has 5 nitrogen and oxygen atoms in total. The SMILES string of the molecule is Cc1ccc([C@@H](c2nnnn2Cc2ccc(F)cc2)N2CCc3ccccc3C2)cc1. The summed E-state index contributed by atoms with van der Waals surface area (Å²) in [6.07, 6.45) is 0.998. The molecule has 0 N–H and O–H groups in total. The van der Waals surface area contributed by atoms with Crippen molar-refractivity contribution in [2.45, 2.75) is 32.5 Å². The van der Waals surface area contributed by atoms with Gasteiger partial charge < -0.3 is 0 Å². The second-order valence-electron chi connectivity index (χ2n) is 8.12. The minimum Gasteiger partial charge on any atom is -0.285 e. The number of aromatic nitrogens is 4. The normalized spacial score (nSPS) is 14.9. The number of fused-ring (bicyclic) bond motifs is 1. The molecule has 1 atom stereocenters. The van der Waals surface area contributed by atoms with Crippen molar-refractivity contribution in [2.75, 3.05) is 6.54 Å². The number of aryl methyl sites for hydroxylation is 1. The maximum atomic E-state index is 13.3. The van der Waals surface area contributed by atoms with E-state index in [2.05, 4.69) is 75.9 Å². The van der Waals surface area contributed by atoms with Gasteiger partial charge in [-0.3, -0.25) is 4.90 Å². The first kappa shape index (κ1) is 19.6. The van der Waals surface area contributed by atoms with Crippen molar-refractivity contribution in [2.24, 2.45) is 0 Å². The van der Waals surface area contributed by atoms with Crippen LogP contribution in [0.4, 0.5) is 4.39 Å². The van der Waals surface area contributed by atoms with Crippen LogP contribution in [0.3, 0.4) is 0 Å². The van der Waals surface area contributed by atoms with Crippen LogP contribution in [0.1, 0.15) is 39.7 Å². The lowest BCUT2D eigenvalue weighted by molar-refractivity contribution is 0.195. The summed E-state index contributed by atoms with van der Waals surface area (Å²) in [6.45, 7) is 4.36.